The molecule has 1 aromatic heterocycles. The Morgan fingerprint density at radius 2 is 2.23 bits per heavy atom. The molecule has 1 heterocycles. The number of carboxylic acid groups (broad SMARTS) is 1. The van der Waals surface area contributed by atoms with Gasteiger partial charge in [-0.2, -0.15) is 10.5 Å². The lowest BCUT2D eigenvalue weighted by Crippen LogP contribution is -2.11. The third-order valence-corrected chi connectivity index (χ3v) is 5.09. The number of ether oxygens (including phenoxy) is 1. The maximum Gasteiger partial charge on any atom is 0.339 e. The number of carbonyl (C=O) groups is 1. The lowest BCUT2D eigenvalue weighted by atomic mass is 10.1. The number of hydrogen-bond acceptors (Lipinski definition) is 9. The van der Waals surface area contributed by atoms with E-state index >= 15 is 0 Å². The standard InChI is InChI=1S/C14H14N6O5S/c1-3-26(23,24)12-4-9(14(21)22)11(25-2)5-10(12)16-7-8(6-15)13-17-19-20-18-13/h4-5,7,16H,3H2,1-2H3,(H,21,22)(H,17,18,19,20). The highest BCUT2D eigenvalue weighted by Crippen LogP contribution is 2.31. The number of rotatable bonds is 7. The number of aromatic nitrogens is 4. The maximum atomic E-state index is 12.3. The largest absolute Gasteiger partial charge is 0.496 e. The van der Waals surface area contributed by atoms with E-state index in [0.29, 0.717) is 0 Å². The number of benzene rings is 1. The molecule has 0 unspecified atom stereocenters. The highest BCUT2D eigenvalue weighted by Gasteiger charge is 2.23. The van der Waals surface area contributed by atoms with Crippen molar-refractivity contribution in [2.45, 2.75) is 11.8 Å². The number of allylic oxidation sites excluding steroid dienone is 1. The molecule has 0 fully saturated rings. The minimum absolute atomic E-state index is 0.00835. The minimum atomic E-state index is -3.76. The summed E-state index contributed by atoms with van der Waals surface area (Å²) in [4.78, 5) is 11.1. The Morgan fingerprint density at radius 1 is 1.50 bits per heavy atom. The van der Waals surface area contributed by atoms with Crippen LogP contribution in [0.2, 0.25) is 0 Å². The van der Waals surface area contributed by atoms with E-state index in [4.69, 9.17) is 10.00 Å². The summed E-state index contributed by atoms with van der Waals surface area (Å²) in [5, 5.41) is 33.9. The fourth-order valence-electron chi connectivity index (χ4n) is 1.99. The molecule has 2 rings (SSSR count). The van der Waals surface area contributed by atoms with Crippen molar-refractivity contribution in [2.24, 2.45) is 0 Å². The molecule has 0 saturated heterocycles. The molecule has 3 N–H and O–H groups in total. The highest BCUT2D eigenvalue weighted by molar-refractivity contribution is 7.91. The zero-order chi connectivity index (χ0) is 19.3. The number of tetrazole rings is 1. The molecule has 1 aromatic carbocycles. The molecule has 0 spiro atoms. The first-order valence-corrected chi connectivity index (χ1v) is 8.78. The number of aromatic amines is 1. The summed E-state index contributed by atoms with van der Waals surface area (Å²) >= 11 is 0. The normalized spacial score (nSPS) is 11.7. The Labute approximate surface area is 148 Å². The molecule has 12 heteroatoms. The number of nitriles is 1. The fraction of sp³-hybridized carbons (Fsp3) is 0.214. The molecule has 0 aliphatic rings. The van der Waals surface area contributed by atoms with Gasteiger partial charge in [-0.05, 0) is 11.3 Å². The Hall–Kier alpha value is -3.46. The van der Waals surface area contributed by atoms with Crippen molar-refractivity contribution in [1.29, 1.82) is 5.26 Å². The number of nitrogens with zero attached hydrogens (tertiary/aromatic N) is 4. The Morgan fingerprint density at radius 3 is 2.73 bits per heavy atom. The first-order chi connectivity index (χ1) is 12.3. The van der Waals surface area contributed by atoms with Crippen LogP contribution in [0, 0.1) is 11.3 Å². The third kappa shape index (κ3) is 3.78. The lowest BCUT2D eigenvalue weighted by Gasteiger charge is -2.14. The first-order valence-electron chi connectivity index (χ1n) is 7.12. The fourth-order valence-corrected chi connectivity index (χ4v) is 3.06. The van der Waals surface area contributed by atoms with Crippen LogP contribution in [0.25, 0.3) is 5.57 Å². The Kier molecular flexibility index (Phi) is 5.53. The lowest BCUT2D eigenvalue weighted by molar-refractivity contribution is 0.0693. The van der Waals surface area contributed by atoms with Crippen molar-refractivity contribution in [3.63, 3.8) is 0 Å². The molecule has 0 atom stereocenters. The van der Waals surface area contributed by atoms with Crippen LogP contribution in [0.3, 0.4) is 0 Å². The zero-order valence-electron chi connectivity index (χ0n) is 13.7. The number of nitrogens with one attached hydrogen (secondary N) is 2. The molecule has 0 radical (unpaired) electrons. The van der Waals surface area contributed by atoms with Gasteiger partial charge in [0.05, 0.1) is 23.4 Å². The van der Waals surface area contributed by atoms with Crippen molar-refractivity contribution in [3.8, 4) is 11.8 Å². The SMILES string of the molecule is CCS(=O)(=O)c1cc(C(=O)O)c(OC)cc1NC=C(C#N)c1nn[nH]n1. The van der Waals surface area contributed by atoms with Gasteiger partial charge in [-0.1, -0.05) is 6.92 Å². The summed E-state index contributed by atoms with van der Waals surface area (Å²) in [6, 6.07) is 4.08. The molecule has 0 bridgehead atoms. The average Bonchev–Trinajstić information content (AvgIpc) is 3.15. The van der Waals surface area contributed by atoms with E-state index in [0.717, 1.165) is 6.07 Å². The highest BCUT2D eigenvalue weighted by atomic mass is 32.2. The Balaban J connectivity index is 2.59. The molecular formula is C14H14N6O5S. The summed E-state index contributed by atoms with van der Waals surface area (Å²) in [6.45, 7) is 1.43. The second-order valence-electron chi connectivity index (χ2n) is 4.81. The molecule has 0 aliphatic heterocycles. The average molecular weight is 378 g/mol. The summed E-state index contributed by atoms with van der Waals surface area (Å²) in [5.74, 6) is -1.61. The third-order valence-electron chi connectivity index (χ3n) is 3.33. The summed E-state index contributed by atoms with van der Waals surface area (Å²) in [5.41, 5.74) is -0.266. The number of anilines is 1. The number of carboxylic acids is 1. The van der Waals surface area contributed by atoms with Crippen LogP contribution < -0.4 is 10.1 Å². The van der Waals surface area contributed by atoms with E-state index in [2.05, 4.69) is 25.9 Å². The van der Waals surface area contributed by atoms with E-state index in [-0.39, 0.29) is 39.0 Å². The van der Waals surface area contributed by atoms with Gasteiger partial charge in [0.1, 0.15) is 23.0 Å². The number of H-pyrrole nitrogens is 1. The summed E-state index contributed by atoms with van der Waals surface area (Å²) < 4.78 is 29.7. The van der Waals surface area contributed by atoms with E-state index in [9.17, 15) is 18.3 Å². The monoisotopic (exact) mass is 378 g/mol. The smallest absolute Gasteiger partial charge is 0.339 e. The molecule has 0 saturated carbocycles. The van der Waals surface area contributed by atoms with Crippen LogP contribution in [0.5, 0.6) is 5.75 Å². The van der Waals surface area contributed by atoms with E-state index in [1.165, 1.54) is 26.3 Å². The van der Waals surface area contributed by atoms with Gasteiger partial charge >= 0.3 is 5.97 Å². The molecule has 11 nitrogen and oxygen atoms in total. The minimum Gasteiger partial charge on any atom is -0.496 e. The summed E-state index contributed by atoms with van der Waals surface area (Å²) in [7, 11) is -2.50. The van der Waals surface area contributed by atoms with Crippen LogP contribution in [-0.4, -0.2) is 53.0 Å². The number of aromatic carboxylic acids is 1. The van der Waals surface area contributed by atoms with Crippen molar-refractivity contribution >= 4 is 27.1 Å². The zero-order valence-corrected chi connectivity index (χ0v) is 14.5. The second-order valence-corrected chi connectivity index (χ2v) is 7.05. The van der Waals surface area contributed by atoms with E-state index in [1.54, 1.807) is 0 Å². The molecule has 0 aliphatic carbocycles. The van der Waals surface area contributed by atoms with Crippen LogP contribution in [-0.2, 0) is 9.84 Å². The van der Waals surface area contributed by atoms with Crippen molar-refractivity contribution < 1.29 is 23.1 Å². The van der Waals surface area contributed by atoms with Gasteiger partial charge in [0, 0.05) is 12.3 Å². The molecule has 26 heavy (non-hydrogen) atoms. The molecule has 0 amide bonds. The number of hydrogen-bond donors (Lipinski definition) is 3. The summed E-state index contributed by atoms with van der Waals surface area (Å²) in [6.07, 6.45) is 1.19. The van der Waals surface area contributed by atoms with Crippen LogP contribution in [0.15, 0.2) is 23.2 Å². The van der Waals surface area contributed by atoms with E-state index in [1.807, 2.05) is 6.07 Å². The first kappa shape index (κ1) is 18.9. The predicted molar refractivity (Wildman–Crippen MR) is 89.1 cm³/mol. The number of sulfone groups is 1. The van der Waals surface area contributed by atoms with Gasteiger partial charge in [-0.3, -0.25) is 0 Å². The van der Waals surface area contributed by atoms with Crippen molar-refractivity contribution in [2.75, 3.05) is 18.2 Å². The second kappa shape index (κ2) is 7.62. The van der Waals surface area contributed by atoms with Crippen molar-refractivity contribution in [3.05, 3.63) is 29.7 Å². The van der Waals surface area contributed by atoms with Crippen LogP contribution in [0.4, 0.5) is 5.69 Å². The quantitative estimate of drug-likeness (QED) is 0.582. The van der Waals surface area contributed by atoms with E-state index < -0.39 is 15.8 Å². The van der Waals surface area contributed by atoms with Crippen molar-refractivity contribution in [1.82, 2.24) is 20.6 Å². The van der Waals surface area contributed by atoms with Gasteiger partial charge in [0.15, 0.2) is 9.84 Å². The maximum absolute atomic E-state index is 12.3. The predicted octanol–water partition coefficient (Wildman–Crippen LogP) is 0.677. The molecular weight excluding hydrogens is 364 g/mol. The van der Waals surface area contributed by atoms with Gasteiger partial charge in [0.25, 0.3) is 0 Å². The topological polar surface area (TPSA) is 171 Å². The van der Waals surface area contributed by atoms with Gasteiger partial charge in [-0.25, -0.2) is 13.2 Å². The van der Waals surface area contributed by atoms with Crippen LogP contribution in [0.1, 0.15) is 23.1 Å². The molecule has 2 aromatic rings. The number of methoxy groups -OCH3 is 1. The van der Waals surface area contributed by atoms with Gasteiger partial charge < -0.3 is 15.2 Å². The van der Waals surface area contributed by atoms with Gasteiger partial charge in [-0.15, -0.1) is 10.2 Å². The Bertz CT molecular complexity index is 992. The molecule has 136 valence electrons. The van der Waals surface area contributed by atoms with Gasteiger partial charge in [0.2, 0.25) is 5.82 Å². The van der Waals surface area contributed by atoms with Crippen LogP contribution >= 0.6 is 0 Å².